The van der Waals surface area contributed by atoms with E-state index < -0.39 is 0 Å². The average molecular weight is 236 g/mol. The lowest BCUT2D eigenvalue weighted by Gasteiger charge is -2.02. The van der Waals surface area contributed by atoms with E-state index in [1.807, 2.05) is 0 Å². The summed E-state index contributed by atoms with van der Waals surface area (Å²) in [4.78, 5) is 11.7. The molecule has 8 nitrogen and oxygen atoms in total. The first-order valence-corrected chi connectivity index (χ1v) is 5.02. The molecular weight excluding hydrogens is 224 g/mol. The number of carbonyl (C=O) groups excluding carboxylic acids is 1. The Bertz CT molecular complexity index is 524. The molecule has 0 saturated carbocycles. The molecule has 0 atom stereocenters. The lowest BCUT2D eigenvalue weighted by atomic mass is 10.1. The molecule has 0 aliphatic heterocycles. The third kappa shape index (κ3) is 2.30. The molecule has 8 heteroatoms. The molecule has 0 aliphatic carbocycles. The van der Waals surface area contributed by atoms with Gasteiger partial charge in [0.2, 0.25) is 11.9 Å². The molecule has 2 aromatic heterocycles. The van der Waals surface area contributed by atoms with E-state index in [1.165, 1.54) is 4.68 Å². The lowest BCUT2D eigenvalue weighted by Crippen LogP contribution is -2.18. The number of nitrogens with zero attached hydrogens (tertiary/aromatic N) is 5. The standard InChI is InChI=1S/C9H12N6O2/c1-5-7(6(2)17-12-5)4-8(16)10-9-11-13-14-15(9)3/h4H2,1-3H3,(H,10,11,14,16). The maximum atomic E-state index is 11.7. The second-order valence-electron chi connectivity index (χ2n) is 3.65. The van der Waals surface area contributed by atoms with Gasteiger partial charge in [0.1, 0.15) is 5.76 Å². The van der Waals surface area contributed by atoms with E-state index in [0.717, 1.165) is 5.56 Å². The number of aryl methyl sites for hydroxylation is 3. The van der Waals surface area contributed by atoms with Crippen LogP contribution < -0.4 is 5.32 Å². The van der Waals surface area contributed by atoms with Gasteiger partial charge in [-0.2, -0.15) is 0 Å². The molecule has 90 valence electrons. The van der Waals surface area contributed by atoms with Gasteiger partial charge in [0.25, 0.3) is 0 Å². The van der Waals surface area contributed by atoms with Gasteiger partial charge in [-0.15, -0.1) is 0 Å². The van der Waals surface area contributed by atoms with Crippen molar-refractivity contribution in [1.29, 1.82) is 0 Å². The zero-order valence-electron chi connectivity index (χ0n) is 9.76. The molecule has 0 bridgehead atoms. The summed E-state index contributed by atoms with van der Waals surface area (Å²) in [5.74, 6) is 0.743. The third-order valence-corrected chi connectivity index (χ3v) is 2.39. The molecular formula is C9H12N6O2. The monoisotopic (exact) mass is 236 g/mol. The van der Waals surface area contributed by atoms with Crippen LogP contribution in [0.5, 0.6) is 0 Å². The summed E-state index contributed by atoms with van der Waals surface area (Å²) >= 11 is 0. The first-order chi connectivity index (χ1) is 8.08. The first-order valence-electron chi connectivity index (χ1n) is 5.02. The van der Waals surface area contributed by atoms with Crippen LogP contribution in [0.4, 0.5) is 5.95 Å². The van der Waals surface area contributed by atoms with Gasteiger partial charge in [-0.1, -0.05) is 10.3 Å². The van der Waals surface area contributed by atoms with Crippen LogP contribution in [0.15, 0.2) is 4.52 Å². The Hall–Kier alpha value is -2.25. The molecule has 1 N–H and O–H groups in total. The fourth-order valence-electron chi connectivity index (χ4n) is 1.42. The van der Waals surface area contributed by atoms with Crippen molar-refractivity contribution in [3.05, 3.63) is 17.0 Å². The molecule has 0 saturated heterocycles. The lowest BCUT2D eigenvalue weighted by molar-refractivity contribution is -0.115. The maximum absolute atomic E-state index is 11.7. The largest absolute Gasteiger partial charge is 0.361 e. The van der Waals surface area contributed by atoms with Crippen molar-refractivity contribution < 1.29 is 9.32 Å². The van der Waals surface area contributed by atoms with Crippen molar-refractivity contribution in [1.82, 2.24) is 25.4 Å². The van der Waals surface area contributed by atoms with Crippen LogP contribution in [0, 0.1) is 13.8 Å². The van der Waals surface area contributed by atoms with Crippen LogP contribution >= 0.6 is 0 Å². The number of carbonyl (C=O) groups is 1. The third-order valence-electron chi connectivity index (χ3n) is 2.39. The molecule has 2 aromatic rings. The number of hydrogen-bond donors (Lipinski definition) is 1. The molecule has 0 aliphatic rings. The zero-order chi connectivity index (χ0) is 12.4. The molecule has 0 radical (unpaired) electrons. The highest BCUT2D eigenvalue weighted by Crippen LogP contribution is 2.13. The molecule has 17 heavy (non-hydrogen) atoms. The minimum atomic E-state index is -0.211. The Morgan fingerprint density at radius 1 is 1.47 bits per heavy atom. The van der Waals surface area contributed by atoms with Gasteiger partial charge in [0.05, 0.1) is 12.1 Å². The summed E-state index contributed by atoms with van der Waals surface area (Å²) in [6, 6.07) is 0. The van der Waals surface area contributed by atoms with Crippen molar-refractivity contribution in [2.75, 3.05) is 5.32 Å². The van der Waals surface area contributed by atoms with Crippen LogP contribution in [0.2, 0.25) is 0 Å². The molecule has 2 heterocycles. The highest BCUT2D eigenvalue weighted by atomic mass is 16.5. The second kappa shape index (κ2) is 4.32. The molecule has 0 spiro atoms. The summed E-state index contributed by atoms with van der Waals surface area (Å²) in [6.45, 7) is 3.56. The molecule has 2 rings (SSSR count). The van der Waals surface area contributed by atoms with Crippen molar-refractivity contribution in [3.8, 4) is 0 Å². The van der Waals surface area contributed by atoms with Gasteiger partial charge in [0, 0.05) is 12.6 Å². The van der Waals surface area contributed by atoms with Crippen molar-refractivity contribution >= 4 is 11.9 Å². The minimum Gasteiger partial charge on any atom is -0.361 e. The van der Waals surface area contributed by atoms with Crippen LogP contribution in [0.3, 0.4) is 0 Å². The summed E-state index contributed by atoms with van der Waals surface area (Å²) in [5.41, 5.74) is 1.51. The van der Waals surface area contributed by atoms with E-state index in [4.69, 9.17) is 4.52 Å². The second-order valence-corrected chi connectivity index (χ2v) is 3.65. The topological polar surface area (TPSA) is 98.7 Å². The summed E-state index contributed by atoms with van der Waals surface area (Å²) in [7, 11) is 1.64. The number of amides is 1. The minimum absolute atomic E-state index is 0.189. The summed E-state index contributed by atoms with van der Waals surface area (Å²) < 4.78 is 6.36. The van der Waals surface area contributed by atoms with Gasteiger partial charge in [-0.25, -0.2) is 4.68 Å². The van der Waals surface area contributed by atoms with E-state index in [1.54, 1.807) is 20.9 Å². The van der Waals surface area contributed by atoms with Crippen molar-refractivity contribution in [2.45, 2.75) is 20.3 Å². The van der Waals surface area contributed by atoms with Crippen LogP contribution in [0.1, 0.15) is 17.0 Å². The van der Waals surface area contributed by atoms with Crippen LogP contribution in [-0.4, -0.2) is 31.3 Å². The van der Waals surface area contributed by atoms with E-state index >= 15 is 0 Å². The number of hydrogen-bond acceptors (Lipinski definition) is 6. The Morgan fingerprint density at radius 2 is 2.24 bits per heavy atom. The Kier molecular flexibility index (Phi) is 2.86. The fourth-order valence-corrected chi connectivity index (χ4v) is 1.42. The highest BCUT2D eigenvalue weighted by Gasteiger charge is 2.15. The number of tetrazole rings is 1. The Morgan fingerprint density at radius 3 is 2.76 bits per heavy atom. The molecule has 0 aromatic carbocycles. The Balaban J connectivity index is 2.06. The van der Waals surface area contributed by atoms with Gasteiger partial charge in [-0.3, -0.25) is 10.1 Å². The molecule has 0 unspecified atom stereocenters. The van der Waals surface area contributed by atoms with Crippen molar-refractivity contribution in [2.24, 2.45) is 7.05 Å². The number of anilines is 1. The Labute approximate surface area is 97.0 Å². The van der Waals surface area contributed by atoms with Gasteiger partial charge in [0.15, 0.2) is 0 Å². The van der Waals surface area contributed by atoms with Crippen molar-refractivity contribution in [3.63, 3.8) is 0 Å². The van der Waals surface area contributed by atoms with E-state index in [0.29, 0.717) is 17.4 Å². The first kappa shape index (κ1) is 11.2. The summed E-state index contributed by atoms with van der Waals surface area (Å²) in [6.07, 6.45) is 0.189. The number of rotatable bonds is 3. The quantitative estimate of drug-likeness (QED) is 0.805. The van der Waals surface area contributed by atoms with Crippen LogP contribution in [0.25, 0.3) is 0 Å². The number of nitrogens with one attached hydrogen (secondary N) is 1. The SMILES string of the molecule is Cc1noc(C)c1CC(=O)Nc1nnnn1C. The smallest absolute Gasteiger partial charge is 0.249 e. The fraction of sp³-hybridized carbons (Fsp3) is 0.444. The van der Waals surface area contributed by atoms with Gasteiger partial charge >= 0.3 is 0 Å². The molecule has 1 amide bonds. The van der Waals surface area contributed by atoms with Crippen LogP contribution in [-0.2, 0) is 18.3 Å². The van der Waals surface area contributed by atoms with E-state index in [-0.39, 0.29) is 12.3 Å². The normalized spacial score (nSPS) is 10.5. The van der Waals surface area contributed by atoms with E-state index in [9.17, 15) is 4.79 Å². The maximum Gasteiger partial charge on any atom is 0.249 e. The van der Waals surface area contributed by atoms with Gasteiger partial charge in [-0.05, 0) is 24.3 Å². The summed E-state index contributed by atoms with van der Waals surface area (Å²) in [5, 5.41) is 17.1. The molecule has 0 fully saturated rings. The zero-order valence-corrected chi connectivity index (χ0v) is 9.76. The predicted molar refractivity (Wildman–Crippen MR) is 57.1 cm³/mol. The number of aromatic nitrogens is 5. The van der Waals surface area contributed by atoms with E-state index in [2.05, 4.69) is 26.0 Å². The average Bonchev–Trinajstić information content (AvgIpc) is 2.80. The van der Waals surface area contributed by atoms with Gasteiger partial charge < -0.3 is 4.52 Å². The highest BCUT2D eigenvalue weighted by molar-refractivity contribution is 5.90. The predicted octanol–water partition coefficient (Wildman–Crippen LogP) is -0.00386.